The number of hydrogen-bond donors (Lipinski definition) is 3. The minimum atomic E-state index is 0.400. The summed E-state index contributed by atoms with van der Waals surface area (Å²) in [6.07, 6.45) is 5.21. The van der Waals surface area contributed by atoms with Crippen LogP contribution in [0.1, 0.15) is 46.7 Å². The molecule has 5 heteroatoms. The van der Waals surface area contributed by atoms with E-state index in [9.17, 15) is 5.21 Å². The molecule has 0 unspecified atom stereocenters. The molecule has 0 aromatic heterocycles. The van der Waals surface area contributed by atoms with E-state index >= 15 is 0 Å². The summed E-state index contributed by atoms with van der Waals surface area (Å²) in [7, 11) is 0. The monoisotopic (exact) mass is 461 g/mol. The summed E-state index contributed by atoms with van der Waals surface area (Å²) in [5.41, 5.74) is 13.4. The molecule has 33 heavy (non-hydrogen) atoms. The van der Waals surface area contributed by atoms with Crippen molar-refractivity contribution < 1.29 is 5.21 Å². The number of hydroxylamine groups is 1. The van der Waals surface area contributed by atoms with Crippen LogP contribution in [0.15, 0.2) is 65.6 Å². The minimum absolute atomic E-state index is 0.400. The number of nitrogens with zero attached hydrogens (tertiary/aromatic N) is 1. The van der Waals surface area contributed by atoms with Gasteiger partial charge in [0.2, 0.25) is 0 Å². The number of allylic oxidation sites excluding steroid dienone is 1. The minimum Gasteiger partial charge on any atom is -0.355 e. The highest BCUT2D eigenvalue weighted by atomic mass is 32.2. The van der Waals surface area contributed by atoms with Gasteiger partial charge in [-0.05, 0) is 80.3 Å². The molecule has 174 valence electrons. The van der Waals surface area contributed by atoms with Crippen molar-refractivity contribution in [1.29, 1.82) is 0 Å². The molecule has 0 aliphatic rings. The number of rotatable bonds is 9. The maximum atomic E-state index is 10.5. The number of benzene rings is 3. The van der Waals surface area contributed by atoms with Crippen molar-refractivity contribution in [1.82, 2.24) is 5.17 Å². The molecule has 0 fully saturated rings. The van der Waals surface area contributed by atoms with Gasteiger partial charge in [0.15, 0.2) is 0 Å². The van der Waals surface area contributed by atoms with E-state index in [1.54, 1.807) is 11.8 Å². The Morgan fingerprint density at radius 2 is 1.67 bits per heavy atom. The molecule has 0 atom stereocenters. The lowest BCUT2D eigenvalue weighted by Crippen LogP contribution is -2.26. The molecule has 0 saturated heterocycles. The van der Waals surface area contributed by atoms with Gasteiger partial charge >= 0.3 is 0 Å². The number of nitrogens with one attached hydrogen (secondary N) is 2. The fourth-order valence-electron chi connectivity index (χ4n) is 4.04. The molecule has 0 heterocycles. The number of thioether (sulfide) groups is 1. The lowest BCUT2D eigenvalue weighted by atomic mass is 10.0. The van der Waals surface area contributed by atoms with Crippen LogP contribution in [0.5, 0.6) is 0 Å². The number of anilines is 2. The van der Waals surface area contributed by atoms with Gasteiger partial charge in [-0.3, -0.25) is 10.6 Å². The first-order chi connectivity index (χ1) is 15.8. The third-order valence-corrected chi connectivity index (χ3v) is 6.47. The van der Waals surface area contributed by atoms with Crippen LogP contribution in [0.4, 0.5) is 11.4 Å². The molecule has 3 aromatic rings. The number of aryl methyl sites for hydroxylation is 4. The van der Waals surface area contributed by atoms with Crippen LogP contribution in [-0.2, 0) is 6.54 Å². The van der Waals surface area contributed by atoms with E-state index in [0.29, 0.717) is 6.54 Å². The molecule has 4 nitrogen and oxygen atoms in total. The van der Waals surface area contributed by atoms with E-state index in [2.05, 4.69) is 88.0 Å². The molecule has 0 radical (unpaired) electrons. The summed E-state index contributed by atoms with van der Waals surface area (Å²) in [6.45, 7) is 11.0. The molecule has 3 rings (SSSR count). The maximum Gasteiger partial charge on any atom is 0.0703 e. The maximum absolute atomic E-state index is 10.5. The van der Waals surface area contributed by atoms with Crippen molar-refractivity contribution >= 4 is 28.8 Å². The molecule has 0 aliphatic heterocycles. The average Bonchev–Trinajstić information content (AvgIpc) is 2.77. The largest absolute Gasteiger partial charge is 0.355 e. The van der Waals surface area contributed by atoms with Crippen molar-refractivity contribution in [3.63, 3.8) is 0 Å². The van der Waals surface area contributed by atoms with Crippen molar-refractivity contribution in [2.75, 3.05) is 17.0 Å². The fraction of sp³-hybridized carbons (Fsp3) is 0.286. The van der Waals surface area contributed by atoms with Gasteiger partial charge in [-0.15, -0.1) is 16.9 Å². The highest BCUT2D eigenvalue weighted by Gasteiger charge is 2.12. The Morgan fingerprint density at radius 3 is 2.30 bits per heavy atom. The Morgan fingerprint density at radius 1 is 0.970 bits per heavy atom. The zero-order valence-electron chi connectivity index (χ0n) is 20.5. The quantitative estimate of drug-likeness (QED) is 0.225. The zero-order chi connectivity index (χ0) is 24.0. The summed E-state index contributed by atoms with van der Waals surface area (Å²) in [5.74, 6) is 0. The van der Waals surface area contributed by atoms with E-state index < -0.39 is 0 Å². The molecule has 0 spiro atoms. The molecule has 0 bridgehead atoms. The fourth-order valence-corrected chi connectivity index (χ4v) is 4.61. The lowest BCUT2D eigenvalue weighted by Gasteiger charge is -2.21. The van der Waals surface area contributed by atoms with Crippen LogP contribution < -0.4 is 10.7 Å². The summed E-state index contributed by atoms with van der Waals surface area (Å²) in [5, 5.41) is 15.4. The summed E-state index contributed by atoms with van der Waals surface area (Å²) < 4.78 is 0. The Bertz CT molecular complexity index is 1120. The van der Waals surface area contributed by atoms with Crippen LogP contribution in [0.25, 0.3) is 5.70 Å². The van der Waals surface area contributed by atoms with Crippen LogP contribution in [0.3, 0.4) is 0 Å². The second-order valence-electron chi connectivity index (χ2n) is 8.44. The summed E-state index contributed by atoms with van der Waals surface area (Å²) in [6, 6.07) is 18.8. The molecule has 0 amide bonds. The van der Waals surface area contributed by atoms with E-state index in [0.717, 1.165) is 50.3 Å². The molecule has 0 saturated carbocycles. The van der Waals surface area contributed by atoms with Gasteiger partial charge in [0, 0.05) is 16.3 Å². The van der Waals surface area contributed by atoms with Crippen molar-refractivity contribution in [3.8, 4) is 0 Å². The SMILES string of the molecule is CC/C=C(\Nc1c(C)cc(C)cc1C)c1ccc(NN(O)Cc2ccccc2C)c(SC)c1. The second-order valence-corrected chi connectivity index (χ2v) is 9.28. The van der Waals surface area contributed by atoms with Gasteiger partial charge in [-0.1, -0.05) is 61.0 Å². The second kappa shape index (κ2) is 11.4. The topological polar surface area (TPSA) is 47.5 Å². The van der Waals surface area contributed by atoms with Crippen LogP contribution in [0, 0.1) is 27.7 Å². The van der Waals surface area contributed by atoms with Crippen molar-refractivity contribution in [3.05, 3.63) is 94.1 Å². The highest BCUT2D eigenvalue weighted by molar-refractivity contribution is 7.98. The van der Waals surface area contributed by atoms with Gasteiger partial charge in [0.1, 0.15) is 0 Å². The van der Waals surface area contributed by atoms with E-state index in [4.69, 9.17) is 0 Å². The van der Waals surface area contributed by atoms with Gasteiger partial charge in [-0.2, -0.15) is 0 Å². The van der Waals surface area contributed by atoms with Crippen LogP contribution in [0.2, 0.25) is 0 Å². The predicted molar refractivity (Wildman–Crippen MR) is 143 cm³/mol. The van der Waals surface area contributed by atoms with Crippen LogP contribution >= 0.6 is 11.8 Å². The van der Waals surface area contributed by atoms with Gasteiger partial charge < -0.3 is 5.32 Å². The van der Waals surface area contributed by atoms with Gasteiger partial charge in [0.05, 0.1) is 12.2 Å². The molecular formula is C28H35N3OS. The first-order valence-electron chi connectivity index (χ1n) is 11.3. The van der Waals surface area contributed by atoms with E-state index in [1.807, 2.05) is 24.3 Å². The molecule has 3 N–H and O–H groups in total. The van der Waals surface area contributed by atoms with E-state index in [1.165, 1.54) is 16.7 Å². The molecular weight excluding hydrogens is 426 g/mol. The first-order valence-corrected chi connectivity index (χ1v) is 12.6. The standard InChI is InChI=1S/C28H35N3OS/c1-7-10-25(29-28-21(4)15-19(2)16-22(28)5)23-13-14-26(27(17-23)33-6)30-31(32)18-24-12-9-8-11-20(24)3/h8-17,29-30,32H,7,18H2,1-6H3/b25-10-. The number of hydrazine groups is 1. The Labute approximate surface area is 202 Å². The predicted octanol–water partition coefficient (Wildman–Crippen LogP) is 7.72. The van der Waals surface area contributed by atoms with E-state index in [-0.39, 0.29) is 0 Å². The third kappa shape index (κ3) is 6.41. The van der Waals surface area contributed by atoms with Gasteiger partial charge in [0.25, 0.3) is 0 Å². The Hall–Kier alpha value is -2.73. The first kappa shape index (κ1) is 24.9. The van der Waals surface area contributed by atoms with Crippen molar-refractivity contribution in [2.45, 2.75) is 52.5 Å². The normalized spacial score (nSPS) is 11.7. The van der Waals surface area contributed by atoms with Crippen LogP contribution in [-0.4, -0.2) is 16.6 Å². The zero-order valence-corrected chi connectivity index (χ0v) is 21.3. The Kier molecular flexibility index (Phi) is 8.61. The number of hydrogen-bond acceptors (Lipinski definition) is 5. The smallest absolute Gasteiger partial charge is 0.0703 e. The lowest BCUT2D eigenvalue weighted by molar-refractivity contribution is -0.0745. The summed E-state index contributed by atoms with van der Waals surface area (Å²) >= 11 is 1.66. The molecule has 0 aliphatic carbocycles. The molecule has 3 aromatic carbocycles. The summed E-state index contributed by atoms with van der Waals surface area (Å²) in [4.78, 5) is 1.07. The average molecular weight is 462 g/mol. The van der Waals surface area contributed by atoms with Crippen molar-refractivity contribution in [2.24, 2.45) is 0 Å². The highest BCUT2D eigenvalue weighted by Crippen LogP contribution is 2.32. The third-order valence-electron chi connectivity index (χ3n) is 5.69. The Balaban J connectivity index is 1.83. The van der Waals surface area contributed by atoms with Gasteiger partial charge in [-0.25, -0.2) is 0 Å².